The van der Waals surface area contributed by atoms with Crippen LogP contribution in [0, 0.1) is 0 Å². The molecule has 0 saturated heterocycles. The predicted octanol–water partition coefficient (Wildman–Crippen LogP) is 7.84. The van der Waals surface area contributed by atoms with Crippen LogP contribution in [0.2, 0.25) is 0 Å². The van der Waals surface area contributed by atoms with Crippen molar-refractivity contribution in [1.29, 1.82) is 0 Å². The van der Waals surface area contributed by atoms with Gasteiger partial charge in [0.1, 0.15) is 11.3 Å². The fraction of sp³-hybridized carbons (Fsp3) is 0.0455. The summed E-state index contributed by atoms with van der Waals surface area (Å²) in [5, 5.41) is 0.0177. The first-order valence-corrected chi connectivity index (χ1v) is 16.8. The minimum atomic E-state index is -1.22. The molecule has 1 unspecified atom stereocenters. The van der Waals surface area contributed by atoms with Gasteiger partial charge in [0.05, 0.1) is 0 Å². The largest absolute Gasteiger partial charge is 0.195 e. The van der Waals surface area contributed by atoms with Crippen LogP contribution in [0.3, 0.4) is 0 Å². The summed E-state index contributed by atoms with van der Waals surface area (Å²) >= 11 is 0. The first kappa shape index (κ1) is 31.0. The molecule has 0 radical (unpaired) electrons. The number of rotatable bonds is 8. The van der Waals surface area contributed by atoms with E-state index in [4.69, 9.17) is 0 Å². The summed E-state index contributed by atoms with van der Waals surface area (Å²) in [7, 11) is 2.09. The monoisotopic (exact) mass is 610 g/mol. The zero-order chi connectivity index (χ0) is 31.5. The second-order valence-corrected chi connectivity index (χ2v) is 13.2. The minimum Gasteiger partial charge on any atom is -0.195 e. The normalized spacial score (nSPS) is 11.3. The Hall–Kier alpha value is -4.97. The topological polar surface area (TPSA) is 0 Å². The summed E-state index contributed by atoms with van der Waals surface area (Å²) in [6.45, 7) is 0. The molecular formula is C44H40BP. The lowest BCUT2D eigenvalue weighted by Gasteiger charge is -2.44. The maximum absolute atomic E-state index is 2.26. The molecule has 0 N–H and O–H groups in total. The molecule has 0 heterocycles. The molecule has 0 fully saturated rings. The van der Waals surface area contributed by atoms with Gasteiger partial charge < -0.3 is 0 Å². The van der Waals surface area contributed by atoms with Gasteiger partial charge in [-0.2, -0.15) is 21.9 Å². The standard InChI is InChI=1S/C24H20B.C20H19P/c1-5-13-21(14-6-1)25(22-15-7-2-8-16-22,23-17-9-3-10-18-23)24-19-11-4-12-20-24;21-20(18-12-6-2-7-13-18,19-14-8-3-9-15-19)16-17-10-4-1-5-11-17/h1-20H;1-15H,16,21H2/q-1;/p+1. The molecule has 0 saturated carbocycles. The molecule has 0 nitrogen and oxygen atoms in total. The summed E-state index contributed by atoms with van der Waals surface area (Å²) in [4.78, 5) is 0. The molecule has 0 aliphatic carbocycles. The van der Waals surface area contributed by atoms with Crippen molar-refractivity contribution < 1.29 is 0 Å². The fourth-order valence-electron chi connectivity index (χ4n) is 6.95. The molecule has 0 spiro atoms. The molecule has 0 amide bonds. The van der Waals surface area contributed by atoms with Crippen molar-refractivity contribution in [3.63, 3.8) is 0 Å². The molecule has 0 aliphatic heterocycles. The molecule has 7 rings (SSSR count). The summed E-state index contributed by atoms with van der Waals surface area (Å²) in [6, 6.07) is 75.9. The molecule has 46 heavy (non-hydrogen) atoms. The van der Waals surface area contributed by atoms with Crippen LogP contribution in [0.1, 0.15) is 16.7 Å². The van der Waals surface area contributed by atoms with E-state index in [0.717, 1.165) is 6.42 Å². The van der Waals surface area contributed by atoms with Crippen molar-refractivity contribution in [3.05, 3.63) is 229 Å². The third-order valence-electron chi connectivity index (χ3n) is 9.20. The Bertz CT molecular complexity index is 1680. The molecule has 0 aromatic heterocycles. The Morgan fingerprint density at radius 3 is 0.848 bits per heavy atom. The zero-order valence-electron chi connectivity index (χ0n) is 26.2. The lowest BCUT2D eigenvalue weighted by atomic mass is 9.13. The Balaban J connectivity index is 0.000000164. The highest BCUT2D eigenvalue weighted by Gasteiger charge is 2.34. The van der Waals surface area contributed by atoms with Gasteiger partial charge in [0, 0.05) is 6.42 Å². The van der Waals surface area contributed by atoms with Crippen LogP contribution in [0.25, 0.3) is 0 Å². The van der Waals surface area contributed by atoms with Crippen molar-refractivity contribution in [3.8, 4) is 0 Å². The van der Waals surface area contributed by atoms with E-state index >= 15 is 0 Å². The van der Waals surface area contributed by atoms with E-state index < -0.39 is 6.15 Å². The van der Waals surface area contributed by atoms with Crippen LogP contribution < -0.4 is 21.9 Å². The molecule has 0 aliphatic rings. The van der Waals surface area contributed by atoms with Crippen LogP contribution in [-0.4, -0.2) is 6.15 Å². The smallest absolute Gasteiger partial charge is 0.126 e. The molecule has 0 bridgehead atoms. The van der Waals surface area contributed by atoms with Crippen molar-refractivity contribution in [2.45, 2.75) is 11.6 Å². The minimum absolute atomic E-state index is 0.0177. The summed E-state index contributed by atoms with van der Waals surface area (Å²) in [5.74, 6) is 0. The third kappa shape index (κ3) is 6.67. The molecule has 2 heteroatoms. The van der Waals surface area contributed by atoms with E-state index in [9.17, 15) is 0 Å². The van der Waals surface area contributed by atoms with Gasteiger partial charge in [-0.25, -0.2) is 0 Å². The zero-order valence-corrected chi connectivity index (χ0v) is 27.6. The van der Waals surface area contributed by atoms with Crippen molar-refractivity contribution in [1.82, 2.24) is 0 Å². The van der Waals surface area contributed by atoms with E-state index in [0.29, 0.717) is 0 Å². The highest BCUT2D eigenvalue weighted by Crippen LogP contribution is 2.41. The Kier molecular flexibility index (Phi) is 10.0. The van der Waals surface area contributed by atoms with Gasteiger partial charge in [0.25, 0.3) is 0 Å². The Labute approximate surface area is 276 Å². The molecule has 224 valence electrons. The predicted molar refractivity (Wildman–Crippen MR) is 205 cm³/mol. The first-order chi connectivity index (χ1) is 22.7. The Morgan fingerprint density at radius 1 is 0.326 bits per heavy atom. The van der Waals surface area contributed by atoms with E-state index in [1.807, 2.05) is 0 Å². The SMILES string of the molecule is [PH3+]C(Cc1ccccc1)(c1ccccc1)c1ccccc1.c1ccc([B-](c2ccccc2)(c2ccccc2)c2ccccc2)cc1. The maximum Gasteiger partial charge on any atom is 0.126 e. The van der Waals surface area contributed by atoms with Crippen LogP contribution in [0.15, 0.2) is 212 Å². The van der Waals surface area contributed by atoms with Crippen molar-refractivity contribution in [2.24, 2.45) is 0 Å². The van der Waals surface area contributed by atoms with Gasteiger partial charge in [-0.15, -0.1) is 0 Å². The average molecular weight is 611 g/mol. The van der Waals surface area contributed by atoms with Gasteiger partial charge in [0.2, 0.25) is 0 Å². The van der Waals surface area contributed by atoms with Crippen molar-refractivity contribution in [2.75, 3.05) is 0 Å². The van der Waals surface area contributed by atoms with E-state index in [1.165, 1.54) is 38.5 Å². The van der Waals surface area contributed by atoms with Crippen molar-refractivity contribution >= 4 is 37.2 Å². The first-order valence-electron chi connectivity index (χ1n) is 16.1. The van der Waals surface area contributed by atoms with Gasteiger partial charge in [-0.1, -0.05) is 212 Å². The van der Waals surface area contributed by atoms with Crippen LogP contribution >= 0.6 is 9.24 Å². The lowest BCUT2D eigenvalue weighted by molar-refractivity contribution is 0.735. The lowest BCUT2D eigenvalue weighted by Crippen LogP contribution is -2.74. The van der Waals surface area contributed by atoms with Crippen LogP contribution in [-0.2, 0) is 11.6 Å². The second-order valence-electron chi connectivity index (χ2n) is 12.0. The second kappa shape index (κ2) is 14.9. The fourth-order valence-corrected chi connectivity index (χ4v) is 7.71. The third-order valence-corrected chi connectivity index (χ3v) is 10.3. The van der Waals surface area contributed by atoms with Gasteiger partial charge in [0.15, 0.2) is 0 Å². The highest BCUT2D eigenvalue weighted by molar-refractivity contribution is 7.20. The van der Waals surface area contributed by atoms with Gasteiger partial charge in [-0.05, 0) is 25.9 Å². The van der Waals surface area contributed by atoms with Crippen LogP contribution in [0.4, 0.5) is 0 Å². The molecular weight excluding hydrogens is 570 g/mol. The summed E-state index contributed by atoms with van der Waals surface area (Å²) in [6.07, 6.45) is -0.201. The van der Waals surface area contributed by atoms with Crippen LogP contribution in [0.5, 0.6) is 0 Å². The van der Waals surface area contributed by atoms with Gasteiger partial charge >= 0.3 is 0 Å². The summed E-state index contributed by atoms with van der Waals surface area (Å²) < 4.78 is 0. The quantitative estimate of drug-likeness (QED) is 0.122. The average Bonchev–Trinajstić information content (AvgIpc) is 3.15. The highest BCUT2D eigenvalue weighted by atomic mass is 31.0. The Morgan fingerprint density at radius 2 is 0.565 bits per heavy atom. The maximum atomic E-state index is 2.26. The van der Waals surface area contributed by atoms with E-state index in [1.54, 1.807) is 0 Å². The van der Waals surface area contributed by atoms with E-state index in [-0.39, 0.29) is 5.16 Å². The number of hydrogen-bond donors (Lipinski definition) is 0. The number of hydrogen-bond acceptors (Lipinski definition) is 0. The molecule has 1 atom stereocenters. The number of benzene rings is 7. The van der Waals surface area contributed by atoms with E-state index in [2.05, 4.69) is 222 Å². The summed E-state index contributed by atoms with van der Waals surface area (Å²) in [5.41, 5.74) is 9.48. The van der Waals surface area contributed by atoms with Gasteiger partial charge in [-0.3, -0.25) is 0 Å². The molecule has 7 aromatic rings. The molecule has 7 aromatic carbocycles.